The first-order chi connectivity index (χ1) is 17.5. The van der Waals surface area contributed by atoms with Crippen LogP contribution in [0.2, 0.25) is 0 Å². The second-order valence-electron chi connectivity index (χ2n) is 8.38. The van der Waals surface area contributed by atoms with Crippen LogP contribution in [0.5, 0.6) is 0 Å². The van der Waals surface area contributed by atoms with Crippen LogP contribution in [0.4, 0.5) is 10.1 Å². The highest BCUT2D eigenvalue weighted by Crippen LogP contribution is 2.39. The van der Waals surface area contributed by atoms with Crippen molar-refractivity contribution in [3.8, 4) is 5.69 Å². The van der Waals surface area contributed by atoms with Crippen molar-refractivity contribution in [1.29, 1.82) is 0 Å². The smallest absolute Gasteiger partial charge is 0.226 e. The van der Waals surface area contributed by atoms with E-state index in [1.54, 1.807) is 24.4 Å². The minimum absolute atomic E-state index is 0.138. The fraction of sp³-hybridized carbons (Fsp3) is 0.148. The van der Waals surface area contributed by atoms with E-state index in [1.807, 2.05) is 59.6 Å². The number of benzene rings is 2. The molecule has 1 aliphatic heterocycles. The third-order valence-electron chi connectivity index (χ3n) is 6.10. The number of anilines is 1. The van der Waals surface area contributed by atoms with E-state index in [2.05, 4.69) is 42.2 Å². The predicted octanol–water partition coefficient (Wildman–Crippen LogP) is 5.78. The molecule has 9 heteroatoms. The summed E-state index contributed by atoms with van der Waals surface area (Å²) in [7, 11) is 0. The van der Waals surface area contributed by atoms with Crippen molar-refractivity contribution in [2.75, 3.05) is 11.9 Å². The molecule has 2 atom stereocenters. The Morgan fingerprint density at radius 2 is 1.92 bits per heavy atom. The summed E-state index contributed by atoms with van der Waals surface area (Å²) >= 11 is 9.29. The van der Waals surface area contributed by atoms with Gasteiger partial charge in [0.1, 0.15) is 5.82 Å². The molecular formula is C27H23BrFN5OS. The van der Waals surface area contributed by atoms with Crippen LogP contribution in [0, 0.1) is 5.82 Å². The van der Waals surface area contributed by atoms with E-state index in [4.69, 9.17) is 12.2 Å². The van der Waals surface area contributed by atoms with Gasteiger partial charge in [0.25, 0.3) is 0 Å². The van der Waals surface area contributed by atoms with E-state index in [0.29, 0.717) is 11.7 Å². The molecule has 0 bridgehead atoms. The highest BCUT2D eigenvalue weighted by atomic mass is 79.9. The number of halogens is 2. The maximum Gasteiger partial charge on any atom is 0.226 e. The zero-order chi connectivity index (χ0) is 25.1. The zero-order valence-electron chi connectivity index (χ0n) is 19.1. The van der Waals surface area contributed by atoms with Gasteiger partial charge in [-0.1, -0.05) is 40.2 Å². The molecular weight excluding hydrogens is 541 g/mol. The SMILES string of the molecule is O=C(CCN1C(=S)N[C@H](c2ccccn2)[C@@H]1c1cccn1-c1cccc(Br)c1)Nc1ccccc1F. The maximum atomic E-state index is 14.0. The van der Waals surface area contributed by atoms with Crippen molar-refractivity contribution in [2.45, 2.75) is 18.5 Å². The van der Waals surface area contributed by atoms with Crippen molar-refractivity contribution in [3.63, 3.8) is 0 Å². The number of amides is 1. The molecule has 0 spiro atoms. The van der Waals surface area contributed by atoms with Gasteiger partial charge in [0.05, 0.1) is 23.5 Å². The summed E-state index contributed by atoms with van der Waals surface area (Å²) in [6.45, 7) is 0.351. The summed E-state index contributed by atoms with van der Waals surface area (Å²) in [6.07, 6.45) is 3.91. The van der Waals surface area contributed by atoms with Gasteiger partial charge in [0.2, 0.25) is 5.91 Å². The van der Waals surface area contributed by atoms with Crippen molar-refractivity contribution in [3.05, 3.63) is 113 Å². The molecule has 6 nitrogen and oxygen atoms in total. The second-order valence-corrected chi connectivity index (χ2v) is 9.68. The first-order valence-electron chi connectivity index (χ1n) is 11.5. The molecule has 1 fully saturated rings. The number of hydrogen-bond donors (Lipinski definition) is 2. The standard InChI is InChI=1S/C27H23BrFN5OS/c28-18-7-5-8-19(17-18)33-15-6-12-23(33)26-25(22-11-3-4-14-30-22)32-27(36)34(26)16-13-24(35)31-21-10-2-1-9-20(21)29/h1-12,14-15,17,25-26H,13,16H2,(H,31,35)(H,32,36)/t25-,26+/m1/s1. The van der Waals surface area contributed by atoms with E-state index in [1.165, 1.54) is 6.07 Å². The number of hydrogen-bond acceptors (Lipinski definition) is 3. The van der Waals surface area contributed by atoms with Gasteiger partial charge in [0, 0.05) is 41.2 Å². The maximum absolute atomic E-state index is 14.0. The Morgan fingerprint density at radius 1 is 1.08 bits per heavy atom. The molecule has 1 aliphatic rings. The van der Waals surface area contributed by atoms with E-state index in [-0.39, 0.29) is 30.1 Å². The third-order valence-corrected chi connectivity index (χ3v) is 6.94. The van der Waals surface area contributed by atoms with Crippen LogP contribution < -0.4 is 10.6 Å². The van der Waals surface area contributed by atoms with Crippen LogP contribution >= 0.6 is 28.1 Å². The fourth-order valence-electron chi connectivity index (χ4n) is 4.46. The minimum Gasteiger partial charge on any atom is -0.352 e. The second kappa shape index (κ2) is 10.6. The van der Waals surface area contributed by atoms with Crippen LogP contribution in [0.15, 0.2) is 95.7 Å². The van der Waals surface area contributed by atoms with Gasteiger partial charge in [-0.25, -0.2) is 4.39 Å². The number of aromatic nitrogens is 2. The molecule has 2 aromatic heterocycles. The summed E-state index contributed by atoms with van der Waals surface area (Å²) in [5.74, 6) is -0.755. The molecule has 0 saturated carbocycles. The quantitative estimate of drug-likeness (QED) is 0.279. The van der Waals surface area contributed by atoms with Crippen LogP contribution in [0.25, 0.3) is 5.69 Å². The van der Waals surface area contributed by atoms with Gasteiger partial charge >= 0.3 is 0 Å². The topological polar surface area (TPSA) is 62.2 Å². The lowest BCUT2D eigenvalue weighted by Crippen LogP contribution is -2.33. The molecule has 2 N–H and O–H groups in total. The Hall–Kier alpha value is -3.56. The summed E-state index contributed by atoms with van der Waals surface area (Å²) in [5.41, 5.74) is 3.02. The number of nitrogens with one attached hydrogen (secondary N) is 2. The molecule has 0 aliphatic carbocycles. The molecule has 4 aromatic rings. The number of pyridine rings is 1. The van der Waals surface area contributed by atoms with E-state index in [9.17, 15) is 9.18 Å². The highest BCUT2D eigenvalue weighted by Gasteiger charge is 2.41. The number of carbonyl (C=O) groups is 1. The van der Waals surface area contributed by atoms with Crippen LogP contribution in [-0.4, -0.2) is 32.0 Å². The zero-order valence-corrected chi connectivity index (χ0v) is 21.5. The van der Waals surface area contributed by atoms with Crippen molar-refractivity contribution < 1.29 is 9.18 Å². The Kier molecular flexibility index (Phi) is 7.11. The van der Waals surface area contributed by atoms with Gasteiger partial charge < -0.3 is 20.1 Å². The van der Waals surface area contributed by atoms with Gasteiger partial charge in [0.15, 0.2) is 5.11 Å². The molecule has 36 heavy (non-hydrogen) atoms. The summed E-state index contributed by atoms with van der Waals surface area (Å²) in [4.78, 5) is 19.3. The van der Waals surface area contributed by atoms with Gasteiger partial charge in [-0.05, 0) is 66.8 Å². The molecule has 5 rings (SSSR count). The van der Waals surface area contributed by atoms with Crippen molar-refractivity contribution in [2.24, 2.45) is 0 Å². The molecule has 1 saturated heterocycles. The lowest BCUT2D eigenvalue weighted by atomic mass is 10.0. The Bertz CT molecular complexity index is 1400. The number of rotatable bonds is 7. The Labute approximate surface area is 222 Å². The summed E-state index contributed by atoms with van der Waals surface area (Å²) in [6, 6.07) is 23.6. The van der Waals surface area contributed by atoms with E-state index < -0.39 is 5.82 Å². The number of carbonyl (C=O) groups excluding carboxylic acids is 1. The van der Waals surface area contributed by atoms with Crippen molar-refractivity contribution in [1.82, 2.24) is 19.8 Å². The summed E-state index contributed by atoms with van der Waals surface area (Å²) < 4.78 is 17.1. The first kappa shape index (κ1) is 24.1. The largest absolute Gasteiger partial charge is 0.352 e. The summed E-state index contributed by atoms with van der Waals surface area (Å²) in [5, 5.41) is 6.61. The van der Waals surface area contributed by atoms with Crippen LogP contribution in [-0.2, 0) is 4.79 Å². The van der Waals surface area contributed by atoms with Gasteiger partial charge in [-0.2, -0.15) is 0 Å². The first-order valence-corrected chi connectivity index (χ1v) is 12.7. The lowest BCUT2D eigenvalue weighted by molar-refractivity contribution is -0.116. The average Bonchev–Trinajstić information content (AvgIpc) is 3.49. The van der Waals surface area contributed by atoms with Crippen LogP contribution in [0.1, 0.15) is 29.9 Å². The molecule has 0 unspecified atom stereocenters. The van der Waals surface area contributed by atoms with E-state index >= 15 is 0 Å². The predicted molar refractivity (Wildman–Crippen MR) is 145 cm³/mol. The lowest BCUT2D eigenvalue weighted by Gasteiger charge is -2.29. The number of nitrogens with zero attached hydrogens (tertiary/aromatic N) is 3. The number of para-hydroxylation sites is 1. The molecule has 182 valence electrons. The molecule has 2 aromatic carbocycles. The average molecular weight is 564 g/mol. The Morgan fingerprint density at radius 3 is 2.69 bits per heavy atom. The van der Waals surface area contributed by atoms with Gasteiger partial charge in [-0.15, -0.1) is 0 Å². The molecule has 1 amide bonds. The van der Waals surface area contributed by atoms with Crippen molar-refractivity contribution >= 4 is 44.9 Å². The highest BCUT2D eigenvalue weighted by molar-refractivity contribution is 9.10. The molecule has 0 radical (unpaired) electrons. The van der Waals surface area contributed by atoms with Gasteiger partial charge in [-0.3, -0.25) is 9.78 Å². The monoisotopic (exact) mass is 563 g/mol. The Balaban J connectivity index is 1.45. The normalized spacial score (nSPS) is 17.2. The third kappa shape index (κ3) is 5.03. The van der Waals surface area contributed by atoms with E-state index in [0.717, 1.165) is 21.5 Å². The minimum atomic E-state index is -0.468. The fourth-order valence-corrected chi connectivity index (χ4v) is 5.18. The number of thiocarbonyl (C=S) groups is 1. The molecule has 3 heterocycles. The van der Waals surface area contributed by atoms with Crippen LogP contribution in [0.3, 0.4) is 0 Å².